The van der Waals surface area contributed by atoms with Crippen molar-refractivity contribution < 1.29 is 0 Å². The maximum absolute atomic E-state index is 6.33. The van der Waals surface area contributed by atoms with Crippen molar-refractivity contribution in [3.05, 3.63) is 12.7 Å². The van der Waals surface area contributed by atoms with E-state index in [2.05, 4.69) is 19.7 Å². The molecular weight excluding hydrogens is 304 g/mol. The number of hydrogen-bond acceptors (Lipinski definition) is 0. The molecule has 0 aliphatic rings. The van der Waals surface area contributed by atoms with Crippen LogP contribution in [0.1, 0.15) is 96.3 Å². The molecule has 132 valence electrons. The Bertz CT molecular complexity index is 232. The number of halogens is 1. The van der Waals surface area contributed by atoms with Crippen molar-refractivity contribution in [3.63, 3.8) is 0 Å². The number of rotatable bonds is 17. The molecule has 0 saturated heterocycles. The van der Waals surface area contributed by atoms with Crippen LogP contribution in [0.2, 0.25) is 19.1 Å². The van der Waals surface area contributed by atoms with Gasteiger partial charge in [-0.3, -0.25) is 0 Å². The topological polar surface area (TPSA) is 0 Å². The molecule has 0 aromatic carbocycles. The van der Waals surface area contributed by atoms with E-state index in [9.17, 15) is 0 Å². The lowest BCUT2D eigenvalue weighted by atomic mass is 10.0. The predicted molar refractivity (Wildman–Crippen MR) is 108 cm³/mol. The molecule has 0 rings (SSSR count). The van der Waals surface area contributed by atoms with E-state index in [4.69, 9.17) is 11.1 Å². The van der Waals surface area contributed by atoms with Gasteiger partial charge in [0.15, 0.2) is 0 Å². The third-order valence-corrected chi connectivity index (χ3v) is 6.54. The van der Waals surface area contributed by atoms with Gasteiger partial charge in [-0.25, -0.2) is 0 Å². The minimum absolute atomic E-state index is 1.20. The third-order valence-electron chi connectivity index (χ3n) is 4.43. The number of hydrogen-bond donors (Lipinski definition) is 0. The summed E-state index contributed by atoms with van der Waals surface area (Å²) in [4.78, 5) is 0. The van der Waals surface area contributed by atoms with Crippen molar-refractivity contribution in [1.29, 1.82) is 0 Å². The highest BCUT2D eigenvalue weighted by Crippen LogP contribution is 2.19. The van der Waals surface area contributed by atoms with Crippen LogP contribution >= 0.6 is 11.1 Å². The van der Waals surface area contributed by atoms with Crippen LogP contribution in [0.3, 0.4) is 0 Å². The summed E-state index contributed by atoms with van der Waals surface area (Å²) in [6.45, 7) is 8.29. The van der Waals surface area contributed by atoms with Crippen LogP contribution in [-0.4, -0.2) is 7.38 Å². The fourth-order valence-corrected chi connectivity index (χ4v) is 4.45. The normalized spacial score (nSPS) is 11.8. The first-order valence-corrected chi connectivity index (χ1v) is 14.1. The lowest BCUT2D eigenvalue weighted by Crippen LogP contribution is -2.14. The molecule has 0 saturated carbocycles. The summed E-state index contributed by atoms with van der Waals surface area (Å²) < 4.78 is 0. The second kappa shape index (κ2) is 16.1. The van der Waals surface area contributed by atoms with Crippen molar-refractivity contribution in [1.82, 2.24) is 0 Å². The second-order valence-corrected chi connectivity index (χ2v) is 14.5. The fourth-order valence-electron chi connectivity index (χ4n) is 2.96. The molecule has 0 heterocycles. The molecule has 2 heteroatoms. The smallest absolute Gasteiger partial charge is 0.150 e. The van der Waals surface area contributed by atoms with Gasteiger partial charge >= 0.3 is 0 Å². The molecule has 0 atom stereocenters. The summed E-state index contributed by atoms with van der Waals surface area (Å²) in [5.41, 5.74) is 0. The highest BCUT2D eigenvalue weighted by molar-refractivity contribution is 7.19. The molecule has 0 spiro atoms. The minimum atomic E-state index is -1.30. The van der Waals surface area contributed by atoms with Crippen LogP contribution in [0.15, 0.2) is 12.7 Å². The largest absolute Gasteiger partial charge is 0.168 e. The van der Waals surface area contributed by atoms with Crippen LogP contribution in [-0.2, 0) is 0 Å². The summed E-state index contributed by atoms with van der Waals surface area (Å²) in [6, 6.07) is 1.29. The highest BCUT2D eigenvalue weighted by atomic mass is 35.6. The Hall–Kier alpha value is 0.247. The summed E-state index contributed by atoms with van der Waals surface area (Å²) in [6.07, 6.45) is 23.2. The van der Waals surface area contributed by atoms with Crippen LogP contribution in [0.25, 0.3) is 0 Å². The standard InChI is InChI=1S/C20H41ClSi/c1-4-5-6-7-8-9-10-11-12-13-14-15-16-17-18-19-20-22(2,3)21/h4H,1,5-20H2,2-3H3. The SMILES string of the molecule is C=CCCCCCCCCCCCCCCCC[Si](C)(C)Cl. The Morgan fingerprint density at radius 2 is 0.955 bits per heavy atom. The van der Waals surface area contributed by atoms with E-state index in [1.807, 2.05) is 6.08 Å². The molecule has 0 N–H and O–H groups in total. The summed E-state index contributed by atoms with van der Waals surface area (Å²) in [5, 5.41) is 0. The Balaban J connectivity index is 3.01. The summed E-state index contributed by atoms with van der Waals surface area (Å²) in [7, 11) is -1.30. The third kappa shape index (κ3) is 20.2. The van der Waals surface area contributed by atoms with Gasteiger partial charge in [0.25, 0.3) is 0 Å². The lowest BCUT2D eigenvalue weighted by Gasteiger charge is -2.11. The zero-order valence-electron chi connectivity index (χ0n) is 15.5. The molecule has 0 aliphatic carbocycles. The molecule has 0 radical (unpaired) electrons. The molecule has 0 amide bonds. The van der Waals surface area contributed by atoms with E-state index in [-0.39, 0.29) is 0 Å². The van der Waals surface area contributed by atoms with Gasteiger partial charge in [0.2, 0.25) is 0 Å². The quantitative estimate of drug-likeness (QED) is 0.107. The number of allylic oxidation sites excluding steroid dienone is 1. The lowest BCUT2D eigenvalue weighted by molar-refractivity contribution is 0.536. The van der Waals surface area contributed by atoms with Crippen LogP contribution in [0.4, 0.5) is 0 Å². The van der Waals surface area contributed by atoms with Gasteiger partial charge in [-0.2, -0.15) is 11.1 Å². The van der Waals surface area contributed by atoms with E-state index >= 15 is 0 Å². The molecule has 0 unspecified atom stereocenters. The first-order valence-electron chi connectivity index (χ1n) is 9.86. The fraction of sp³-hybridized carbons (Fsp3) is 0.900. The van der Waals surface area contributed by atoms with Gasteiger partial charge in [-0.05, 0) is 18.9 Å². The second-order valence-electron chi connectivity index (χ2n) is 7.50. The van der Waals surface area contributed by atoms with Crippen molar-refractivity contribution in [3.8, 4) is 0 Å². The van der Waals surface area contributed by atoms with E-state index < -0.39 is 7.38 Å². The first kappa shape index (κ1) is 22.2. The highest BCUT2D eigenvalue weighted by Gasteiger charge is 2.15. The first-order chi connectivity index (χ1) is 10.6. The van der Waals surface area contributed by atoms with Crippen molar-refractivity contribution >= 4 is 18.5 Å². The van der Waals surface area contributed by atoms with E-state index in [1.165, 1.54) is 102 Å². The molecule has 22 heavy (non-hydrogen) atoms. The van der Waals surface area contributed by atoms with Gasteiger partial charge in [0.1, 0.15) is 7.38 Å². The Kier molecular flexibility index (Phi) is 16.3. The van der Waals surface area contributed by atoms with Crippen molar-refractivity contribution in [2.24, 2.45) is 0 Å². The summed E-state index contributed by atoms with van der Waals surface area (Å²) >= 11 is 6.33. The van der Waals surface area contributed by atoms with Crippen LogP contribution in [0, 0.1) is 0 Å². The minimum Gasteiger partial charge on any atom is -0.168 e. The molecule has 0 fully saturated rings. The van der Waals surface area contributed by atoms with Crippen molar-refractivity contribution in [2.45, 2.75) is 115 Å². The Morgan fingerprint density at radius 3 is 1.27 bits per heavy atom. The van der Waals surface area contributed by atoms with Gasteiger partial charge in [-0.1, -0.05) is 103 Å². The van der Waals surface area contributed by atoms with Gasteiger partial charge in [0.05, 0.1) is 0 Å². The van der Waals surface area contributed by atoms with E-state index in [1.54, 1.807) is 0 Å². The Labute approximate surface area is 146 Å². The van der Waals surface area contributed by atoms with Gasteiger partial charge in [0, 0.05) is 0 Å². The van der Waals surface area contributed by atoms with Gasteiger partial charge in [-0.15, -0.1) is 6.58 Å². The van der Waals surface area contributed by atoms with Gasteiger partial charge < -0.3 is 0 Å². The number of unbranched alkanes of at least 4 members (excludes halogenated alkanes) is 14. The molecule has 0 aromatic rings. The molecular formula is C20H41ClSi. The average Bonchev–Trinajstić information content (AvgIpc) is 2.45. The van der Waals surface area contributed by atoms with Crippen LogP contribution < -0.4 is 0 Å². The molecule has 0 nitrogen and oxygen atoms in total. The zero-order chi connectivity index (χ0) is 16.5. The van der Waals surface area contributed by atoms with Crippen LogP contribution in [0.5, 0.6) is 0 Å². The summed E-state index contributed by atoms with van der Waals surface area (Å²) in [5.74, 6) is 0. The molecule has 0 aromatic heterocycles. The average molecular weight is 345 g/mol. The Morgan fingerprint density at radius 1 is 0.636 bits per heavy atom. The molecule has 0 aliphatic heterocycles. The maximum atomic E-state index is 6.33. The van der Waals surface area contributed by atoms with E-state index in [0.717, 1.165) is 0 Å². The monoisotopic (exact) mass is 344 g/mol. The molecule has 0 bridgehead atoms. The zero-order valence-corrected chi connectivity index (χ0v) is 17.2. The van der Waals surface area contributed by atoms with Crippen molar-refractivity contribution in [2.75, 3.05) is 0 Å². The predicted octanol–water partition coefficient (Wildman–Crippen LogP) is 8.47. The van der Waals surface area contributed by atoms with E-state index in [0.29, 0.717) is 0 Å². The maximum Gasteiger partial charge on any atom is 0.150 e.